The molecular weight excluding hydrogens is 521 g/mol. The number of rotatable bonds is 4. The molecule has 0 aliphatic carbocycles. The Balaban J connectivity index is 1.20. The molecule has 9 heteroatoms. The van der Waals surface area contributed by atoms with E-state index in [0.29, 0.717) is 46.9 Å². The topological polar surface area (TPSA) is 85.4 Å². The van der Waals surface area contributed by atoms with Gasteiger partial charge in [-0.1, -0.05) is 77.8 Å². The van der Waals surface area contributed by atoms with Gasteiger partial charge in [-0.3, -0.25) is 0 Å². The molecule has 3 N–H and O–H groups in total. The number of anilines is 1. The largest absolute Gasteiger partial charge is 0.383 e. The molecule has 6 rings (SSSR count). The highest BCUT2D eigenvalue weighted by molar-refractivity contribution is 6.42. The van der Waals surface area contributed by atoms with Crippen molar-refractivity contribution in [3.63, 3.8) is 0 Å². The van der Waals surface area contributed by atoms with Gasteiger partial charge in [-0.2, -0.15) is 5.10 Å². The Morgan fingerprint density at radius 3 is 2.50 bits per heavy atom. The molecule has 0 unspecified atom stereocenters. The highest BCUT2D eigenvalue weighted by atomic mass is 35.5. The first kappa shape index (κ1) is 24.8. The van der Waals surface area contributed by atoms with Crippen LogP contribution in [0.15, 0.2) is 72.8 Å². The van der Waals surface area contributed by atoms with E-state index >= 15 is 0 Å². The third kappa shape index (κ3) is 4.41. The van der Waals surface area contributed by atoms with Gasteiger partial charge in [0.25, 0.3) is 0 Å². The van der Waals surface area contributed by atoms with Crippen LogP contribution in [0.25, 0.3) is 16.8 Å². The standard InChI is InChI=1S/C29H27Cl2N5O2/c30-23-11-10-21(16-24(23)31)36-27(32)26(19-6-2-1-3-7-19)25(34-36)17-33-28(37)35-14-12-29(13-15-35)22-9-5-4-8-20(22)18-38-29/h1-11,16H,12-15,17-18,32H2,(H,33,37). The summed E-state index contributed by atoms with van der Waals surface area (Å²) < 4.78 is 7.88. The minimum Gasteiger partial charge on any atom is -0.383 e. The van der Waals surface area contributed by atoms with Crippen molar-refractivity contribution in [2.45, 2.75) is 31.6 Å². The Morgan fingerprint density at radius 1 is 1.00 bits per heavy atom. The molecule has 38 heavy (non-hydrogen) atoms. The van der Waals surface area contributed by atoms with Crippen LogP contribution < -0.4 is 11.1 Å². The van der Waals surface area contributed by atoms with Crippen molar-refractivity contribution in [1.29, 1.82) is 0 Å². The van der Waals surface area contributed by atoms with Gasteiger partial charge in [0, 0.05) is 18.7 Å². The number of fused-ring (bicyclic) bond motifs is 2. The molecule has 3 heterocycles. The number of amides is 2. The minimum absolute atomic E-state index is 0.132. The second kappa shape index (κ2) is 9.98. The van der Waals surface area contributed by atoms with Gasteiger partial charge in [-0.05, 0) is 47.7 Å². The third-order valence-electron chi connectivity index (χ3n) is 7.48. The van der Waals surface area contributed by atoms with E-state index in [1.54, 1.807) is 16.8 Å². The number of halogens is 2. The number of nitrogens with two attached hydrogens (primary N) is 1. The van der Waals surface area contributed by atoms with E-state index in [9.17, 15) is 4.79 Å². The van der Waals surface area contributed by atoms with Gasteiger partial charge < -0.3 is 20.7 Å². The van der Waals surface area contributed by atoms with Gasteiger partial charge in [0.05, 0.1) is 40.2 Å². The number of nitrogen functional groups attached to an aromatic ring is 1. The molecule has 0 radical (unpaired) electrons. The summed E-state index contributed by atoms with van der Waals surface area (Å²) in [4.78, 5) is 15.0. The van der Waals surface area contributed by atoms with Crippen LogP contribution >= 0.6 is 23.2 Å². The van der Waals surface area contributed by atoms with E-state index in [1.165, 1.54) is 11.1 Å². The van der Waals surface area contributed by atoms with Gasteiger partial charge in [-0.25, -0.2) is 9.48 Å². The Hall–Kier alpha value is -3.52. The van der Waals surface area contributed by atoms with Crippen molar-refractivity contribution in [1.82, 2.24) is 20.0 Å². The molecule has 0 bridgehead atoms. The summed E-state index contributed by atoms with van der Waals surface area (Å²) in [6.07, 6.45) is 1.54. The molecule has 1 saturated heterocycles. The molecule has 7 nitrogen and oxygen atoms in total. The van der Waals surface area contributed by atoms with Crippen LogP contribution in [0.5, 0.6) is 0 Å². The number of ether oxygens (including phenoxy) is 1. The average molecular weight is 548 g/mol. The monoisotopic (exact) mass is 547 g/mol. The van der Waals surface area contributed by atoms with Crippen LogP contribution in [-0.4, -0.2) is 33.8 Å². The van der Waals surface area contributed by atoms with E-state index < -0.39 is 0 Å². The normalized spacial score (nSPS) is 16.0. The predicted molar refractivity (Wildman–Crippen MR) is 149 cm³/mol. The van der Waals surface area contributed by atoms with Crippen LogP contribution in [-0.2, 0) is 23.5 Å². The number of likely N-dealkylation sites (tertiary alicyclic amines) is 1. The van der Waals surface area contributed by atoms with E-state index in [2.05, 4.69) is 23.5 Å². The second-order valence-corrected chi connectivity index (χ2v) is 10.5. The summed E-state index contributed by atoms with van der Waals surface area (Å²) in [7, 11) is 0. The summed E-state index contributed by atoms with van der Waals surface area (Å²) in [6.45, 7) is 2.09. The van der Waals surface area contributed by atoms with Crippen molar-refractivity contribution >= 4 is 35.1 Å². The lowest BCUT2D eigenvalue weighted by Gasteiger charge is -2.39. The maximum absolute atomic E-state index is 13.2. The Morgan fingerprint density at radius 2 is 1.74 bits per heavy atom. The molecule has 1 aromatic heterocycles. The number of carbonyl (C=O) groups excluding carboxylic acids is 1. The highest BCUT2D eigenvalue weighted by Gasteiger charge is 2.43. The zero-order valence-electron chi connectivity index (χ0n) is 20.7. The first-order valence-electron chi connectivity index (χ1n) is 12.6. The van der Waals surface area contributed by atoms with Crippen LogP contribution in [0.4, 0.5) is 10.6 Å². The van der Waals surface area contributed by atoms with Crippen molar-refractivity contribution in [3.05, 3.63) is 99.7 Å². The molecule has 0 saturated carbocycles. The molecule has 1 spiro atoms. The first-order chi connectivity index (χ1) is 18.4. The highest BCUT2D eigenvalue weighted by Crippen LogP contribution is 2.44. The number of nitrogens with one attached hydrogen (secondary N) is 1. The van der Waals surface area contributed by atoms with Crippen molar-refractivity contribution in [2.75, 3.05) is 18.8 Å². The summed E-state index contributed by atoms with van der Waals surface area (Å²) in [5, 5.41) is 8.68. The Bertz CT molecular complexity index is 1500. The molecule has 2 amide bonds. The van der Waals surface area contributed by atoms with E-state index in [0.717, 1.165) is 24.0 Å². The summed E-state index contributed by atoms with van der Waals surface area (Å²) in [5.41, 5.74) is 11.8. The summed E-state index contributed by atoms with van der Waals surface area (Å²) >= 11 is 12.4. The average Bonchev–Trinajstić information content (AvgIpc) is 3.47. The van der Waals surface area contributed by atoms with Crippen LogP contribution in [0.2, 0.25) is 10.0 Å². The second-order valence-electron chi connectivity index (χ2n) is 9.67. The Labute approximate surface area is 231 Å². The molecule has 3 aromatic carbocycles. The quantitative estimate of drug-likeness (QED) is 0.320. The number of benzene rings is 3. The molecule has 2 aliphatic heterocycles. The number of urea groups is 1. The van der Waals surface area contributed by atoms with E-state index in [-0.39, 0.29) is 18.2 Å². The maximum Gasteiger partial charge on any atom is 0.317 e. The van der Waals surface area contributed by atoms with Crippen LogP contribution in [0.1, 0.15) is 29.7 Å². The molecule has 4 aromatic rings. The number of hydrogen-bond donors (Lipinski definition) is 2. The molecule has 0 atom stereocenters. The fourth-order valence-corrected chi connectivity index (χ4v) is 5.77. The Kier molecular flexibility index (Phi) is 6.51. The fraction of sp³-hybridized carbons (Fsp3) is 0.241. The molecule has 194 valence electrons. The van der Waals surface area contributed by atoms with Crippen LogP contribution in [0.3, 0.4) is 0 Å². The third-order valence-corrected chi connectivity index (χ3v) is 8.22. The smallest absolute Gasteiger partial charge is 0.317 e. The first-order valence-corrected chi connectivity index (χ1v) is 13.3. The summed E-state index contributed by atoms with van der Waals surface area (Å²) in [6, 6.07) is 23.3. The van der Waals surface area contributed by atoms with Gasteiger partial charge >= 0.3 is 6.03 Å². The molecule has 2 aliphatic rings. The minimum atomic E-state index is -0.291. The van der Waals surface area contributed by atoms with Gasteiger partial charge in [-0.15, -0.1) is 0 Å². The van der Waals surface area contributed by atoms with Crippen molar-refractivity contribution in [2.24, 2.45) is 0 Å². The lowest BCUT2D eigenvalue weighted by atomic mass is 9.84. The molecular formula is C29H27Cl2N5O2. The number of hydrogen-bond acceptors (Lipinski definition) is 4. The number of nitrogens with zero attached hydrogens (tertiary/aromatic N) is 3. The van der Waals surface area contributed by atoms with E-state index in [4.69, 9.17) is 38.8 Å². The van der Waals surface area contributed by atoms with Gasteiger partial charge in [0.15, 0.2) is 0 Å². The SMILES string of the molecule is Nc1c(-c2ccccc2)c(CNC(=O)N2CCC3(CC2)OCc2ccccc23)nn1-c1ccc(Cl)c(Cl)c1. The van der Waals surface area contributed by atoms with Gasteiger partial charge in [0.1, 0.15) is 5.82 Å². The molecule has 1 fully saturated rings. The zero-order chi connectivity index (χ0) is 26.3. The zero-order valence-corrected chi connectivity index (χ0v) is 22.2. The number of aromatic nitrogens is 2. The van der Waals surface area contributed by atoms with Crippen molar-refractivity contribution < 1.29 is 9.53 Å². The number of carbonyl (C=O) groups is 1. The number of piperidine rings is 1. The van der Waals surface area contributed by atoms with Crippen LogP contribution in [0, 0.1) is 0 Å². The lowest BCUT2D eigenvalue weighted by molar-refractivity contribution is -0.0728. The van der Waals surface area contributed by atoms with Crippen molar-refractivity contribution in [3.8, 4) is 16.8 Å². The maximum atomic E-state index is 13.2. The fourth-order valence-electron chi connectivity index (χ4n) is 5.48. The predicted octanol–water partition coefficient (Wildman–Crippen LogP) is 6.16. The summed E-state index contributed by atoms with van der Waals surface area (Å²) in [5.74, 6) is 0.454. The van der Waals surface area contributed by atoms with E-state index in [1.807, 2.05) is 47.4 Å². The lowest BCUT2D eigenvalue weighted by Crippen LogP contribution is -2.48. The van der Waals surface area contributed by atoms with Gasteiger partial charge in [0.2, 0.25) is 0 Å².